The first-order chi connectivity index (χ1) is 13.1. The van der Waals surface area contributed by atoms with Gasteiger partial charge in [-0.2, -0.15) is 0 Å². The molecule has 140 valence electrons. The molecule has 2 aromatic carbocycles. The minimum Gasteiger partial charge on any atom is -0.496 e. The lowest BCUT2D eigenvalue weighted by atomic mass is 10.2. The van der Waals surface area contributed by atoms with Crippen molar-refractivity contribution in [1.29, 1.82) is 0 Å². The maximum Gasteiger partial charge on any atom is 0.344 e. The van der Waals surface area contributed by atoms with Gasteiger partial charge in [-0.25, -0.2) is 14.2 Å². The molecule has 5 nitrogen and oxygen atoms in total. The van der Waals surface area contributed by atoms with Gasteiger partial charge in [0.05, 0.1) is 18.4 Å². The number of rotatable bonds is 7. The number of aromatic nitrogens is 1. The number of para-hydroxylation sites is 1. The molecule has 0 fully saturated rings. The zero-order chi connectivity index (χ0) is 19.2. The van der Waals surface area contributed by atoms with Crippen LogP contribution in [0.3, 0.4) is 0 Å². The van der Waals surface area contributed by atoms with E-state index in [-0.39, 0.29) is 19.0 Å². The van der Waals surface area contributed by atoms with Gasteiger partial charge in [0.1, 0.15) is 17.4 Å². The van der Waals surface area contributed by atoms with Crippen molar-refractivity contribution in [1.82, 2.24) is 4.98 Å². The Kier molecular flexibility index (Phi) is 6.41. The zero-order valence-corrected chi connectivity index (χ0v) is 16.7. The highest BCUT2D eigenvalue weighted by atomic mass is 79.9. The quantitative estimate of drug-likeness (QED) is 0.480. The lowest BCUT2D eigenvalue weighted by Gasteiger charge is -2.07. The minimum absolute atomic E-state index is 0.00623. The van der Waals surface area contributed by atoms with E-state index in [0.29, 0.717) is 11.4 Å². The van der Waals surface area contributed by atoms with Crippen molar-refractivity contribution in [2.45, 2.75) is 6.61 Å². The first-order valence-electron chi connectivity index (χ1n) is 7.88. The van der Waals surface area contributed by atoms with Gasteiger partial charge >= 0.3 is 5.97 Å². The lowest BCUT2D eigenvalue weighted by Crippen LogP contribution is -2.15. The third kappa shape index (κ3) is 5.05. The van der Waals surface area contributed by atoms with Gasteiger partial charge < -0.3 is 14.2 Å². The second-order valence-electron chi connectivity index (χ2n) is 5.37. The fourth-order valence-electron chi connectivity index (χ4n) is 2.24. The molecule has 27 heavy (non-hydrogen) atoms. The van der Waals surface area contributed by atoms with Crippen LogP contribution in [-0.2, 0) is 16.1 Å². The molecule has 0 atom stereocenters. The van der Waals surface area contributed by atoms with Crippen LogP contribution >= 0.6 is 27.3 Å². The number of ether oxygens (including phenoxy) is 3. The number of thiazole rings is 1. The van der Waals surface area contributed by atoms with Crippen molar-refractivity contribution < 1.29 is 23.4 Å². The Balaban J connectivity index is 1.57. The summed E-state index contributed by atoms with van der Waals surface area (Å²) in [6, 6.07) is 11.5. The number of benzene rings is 2. The minimum atomic E-state index is -0.604. The second kappa shape index (κ2) is 8.96. The molecule has 0 bridgehead atoms. The van der Waals surface area contributed by atoms with Crippen LogP contribution < -0.4 is 9.47 Å². The highest BCUT2D eigenvalue weighted by Crippen LogP contribution is 2.34. The smallest absolute Gasteiger partial charge is 0.344 e. The third-order valence-electron chi connectivity index (χ3n) is 3.51. The molecular weight excluding hydrogens is 437 g/mol. The molecule has 0 saturated carbocycles. The van der Waals surface area contributed by atoms with Crippen molar-refractivity contribution >= 4 is 33.2 Å². The van der Waals surface area contributed by atoms with Crippen LogP contribution in [0.4, 0.5) is 4.39 Å². The summed E-state index contributed by atoms with van der Waals surface area (Å²) in [4.78, 5) is 16.3. The van der Waals surface area contributed by atoms with Gasteiger partial charge in [-0.1, -0.05) is 28.1 Å². The molecule has 8 heteroatoms. The summed E-state index contributed by atoms with van der Waals surface area (Å²) in [6.45, 7) is -0.371. The maximum atomic E-state index is 13.4. The first-order valence-corrected chi connectivity index (χ1v) is 9.55. The molecule has 3 rings (SSSR count). The Morgan fingerprint density at radius 1 is 1.22 bits per heavy atom. The Hall–Kier alpha value is -2.45. The second-order valence-corrected chi connectivity index (χ2v) is 7.14. The zero-order valence-electron chi connectivity index (χ0n) is 14.3. The summed E-state index contributed by atoms with van der Waals surface area (Å²) in [5.74, 6) is -0.424. The predicted molar refractivity (Wildman–Crippen MR) is 103 cm³/mol. The van der Waals surface area contributed by atoms with E-state index in [1.54, 1.807) is 24.6 Å². The van der Waals surface area contributed by atoms with Gasteiger partial charge in [0.25, 0.3) is 0 Å². The highest BCUT2D eigenvalue weighted by molar-refractivity contribution is 9.10. The Labute approximate surface area is 167 Å². The van der Waals surface area contributed by atoms with Gasteiger partial charge in [0, 0.05) is 9.85 Å². The van der Waals surface area contributed by atoms with E-state index in [1.165, 1.54) is 23.5 Å². The molecule has 0 amide bonds. The summed E-state index contributed by atoms with van der Waals surface area (Å²) in [5, 5.41) is 2.56. The maximum absolute atomic E-state index is 13.4. The molecule has 0 saturated heterocycles. The standard InChI is InChI=1S/C19H15BrFNO4S/c1-24-16-7-6-12(20)8-14(16)19-22-13(11-27-19)9-26-18(23)10-25-17-5-3-2-4-15(17)21/h2-8,11H,9-10H2,1H3. The highest BCUT2D eigenvalue weighted by Gasteiger charge is 2.13. The number of carbonyl (C=O) groups is 1. The molecule has 0 spiro atoms. The summed E-state index contributed by atoms with van der Waals surface area (Å²) in [7, 11) is 1.60. The average molecular weight is 452 g/mol. The SMILES string of the molecule is COc1ccc(Br)cc1-c1nc(COC(=O)COc2ccccc2F)cs1. The topological polar surface area (TPSA) is 57.7 Å². The van der Waals surface area contributed by atoms with Crippen LogP contribution in [0.2, 0.25) is 0 Å². The number of methoxy groups -OCH3 is 1. The molecule has 3 aromatic rings. The van der Waals surface area contributed by atoms with E-state index in [4.69, 9.17) is 14.2 Å². The number of halogens is 2. The van der Waals surface area contributed by atoms with Crippen LogP contribution in [0.15, 0.2) is 52.3 Å². The molecule has 0 N–H and O–H groups in total. The van der Waals surface area contributed by atoms with Crippen LogP contribution in [0.1, 0.15) is 5.69 Å². The Bertz CT molecular complexity index is 947. The van der Waals surface area contributed by atoms with Crippen LogP contribution in [0.25, 0.3) is 10.6 Å². The van der Waals surface area contributed by atoms with Crippen molar-refractivity contribution in [3.8, 4) is 22.1 Å². The van der Waals surface area contributed by atoms with Crippen molar-refractivity contribution in [3.05, 3.63) is 63.8 Å². The average Bonchev–Trinajstić information content (AvgIpc) is 3.14. The predicted octanol–water partition coefficient (Wildman–Crippen LogP) is 4.84. The van der Waals surface area contributed by atoms with E-state index >= 15 is 0 Å². The number of carbonyl (C=O) groups excluding carboxylic acids is 1. The fourth-order valence-corrected chi connectivity index (χ4v) is 3.42. The normalized spacial score (nSPS) is 10.5. The van der Waals surface area contributed by atoms with E-state index in [1.807, 2.05) is 18.2 Å². The Morgan fingerprint density at radius 3 is 2.81 bits per heavy atom. The van der Waals surface area contributed by atoms with E-state index in [9.17, 15) is 9.18 Å². The van der Waals surface area contributed by atoms with Crippen LogP contribution in [-0.4, -0.2) is 24.7 Å². The molecule has 1 aromatic heterocycles. The molecular formula is C19H15BrFNO4S. The largest absolute Gasteiger partial charge is 0.496 e. The summed E-state index contributed by atoms with van der Waals surface area (Å²) in [5.41, 5.74) is 1.45. The number of hydrogen-bond acceptors (Lipinski definition) is 6. The number of hydrogen-bond donors (Lipinski definition) is 0. The van der Waals surface area contributed by atoms with E-state index < -0.39 is 11.8 Å². The Morgan fingerprint density at radius 2 is 2.04 bits per heavy atom. The van der Waals surface area contributed by atoms with Gasteiger partial charge in [-0.3, -0.25) is 0 Å². The number of esters is 1. The number of nitrogens with zero attached hydrogens (tertiary/aromatic N) is 1. The third-order valence-corrected chi connectivity index (χ3v) is 4.92. The molecule has 1 heterocycles. The van der Waals surface area contributed by atoms with Gasteiger partial charge in [-0.15, -0.1) is 11.3 Å². The van der Waals surface area contributed by atoms with Gasteiger partial charge in [0.15, 0.2) is 18.2 Å². The van der Waals surface area contributed by atoms with Crippen LogP contribution in [0.5, 0.6) is 11.5 Å². The van der Waals surface area contributed by atoms with E-state index in [2.05, 4.69) is 20.9 Å². The molecule has 0 radical (unpaired) electrons. The molecule has 0 unspecified atom stereocenters. The van der Waals surface area contributed by atoms with Gasteiger partial charge in [0.2, 0.25) is 0 Å². The van der Waals surface area contributed by atoms with E-state index in [0.717, 1.165) is 15.0 Å². The summed E-state index contributed by atoms with van der Waals surface area (Å²) < 4.78 is 30.0. The first kappa shape index (κ1) is 19.3. The van der Waals surface area contributed by atoms with Crippen LogP contribution in [0, 0.1) is 5.82 Å². The monoisotopic (exact) mass is 451 g/mol. The lowest BCUT2D eigenvalue weighted by molar-refractivity contribution is -0.147. The molecule has 0 aliphatic carbocycles. The molecule has 0 aliphatic rings. The summed E-state index contributed by atoms with van der Waals surface area (Å²) >= 11 is 4.85. The van der Waals surface area contributed by atoms with Gasteiger partial charge in [-0.05, 0) is 30.3 Å². The van der Waals surface area contributed by atoms with Crippen molar-refractivity contribution in [2.24, 2.45) is 0 Å². The molecule has 0 aliphatic heterocycles. The van der Waals surface area contributed by atoms with Crippen molar-refractivity contribution in [3.63, 3.8) is 0 Å². The summed E-state index contributed by atoms with van der Waals surface area (Å²) in [6.07, 6.45) is 0. The fraction of sp³-hybridized carbons (Fsp3) is 0.158. The van der Waals surface area contributed by atoms with Crippen molar-refractivity contribution in [2.75, 3.05) is 13.7 Å².